The molecule has 1 N–H and O–H groups in total. The molecular formula is C12H15NO2. The summed E-state index contributed by atoms with van der Waals surface area (Å²) in [5.41, 5.74) is 3.12. The number of aromatic nitrogens is 1. The molecule has 80 valence electrons. The summed E-state index contributed by atoms with van der Waals surface area (Å²) in [4.78, 5) is 25.4. The van der Waals surface area contributed by atoms with Crippen molar-refractivity contribution in [3.8, 4) is 0 Å². The number of carbonyl (C=O) groups is 2. The van der Waals surface area contributed by atoms with Gasteiger partial charge in [0.25, 0.3) is 0 Å². The number of rotatable bonds is 3. The van der Waals surface area contributed by atoms with E-state index in [2.05, 4.69) is 4.98 Å². The molecule has 0 amide bonds. The molecule has 0 aliphatic heterocycles. The van der Waals surface area contributed by atoms with Gasteiger partial charge in [-0.25, -0.2) is 0 Å². The number of H-pyrrole nitrogens is 1. The lowest BCUT2D eigenvalue weighted by Crippen LogP contribution is -2.13. The highest BCUT2D eigenvalue weighted by atomic mass is 16.1. The maximum atomic E-state index is 11.5. The molecule has 0 unspecified atom stereocenters. The molecule has 1 aromatic rings. The standard InChI is InChI=1S/C12H15NO2/c1-7-11(8(2)15)12(9-4-3-5-9)10(6-14)13-7/h6,9,13H,3-5H2,1-2H3. The van der Waals surface area contributed by atoms with Crippen molar-refractivity contribution >= 4 is 12.1 Å². The van der Waals surface area contributed by atoms with Gasteiger partial charge < -0.3 is 4.98 Å². The monoisotopic (exact) mass is 205 g/mol. The number of hydrogen-bond acceptors (Lipinski definition) is 2. The van der Waals surface area contributed by atoms with Gasteiger partial charge in [0.1, 0.15) is 0 Å². The smallest absolute Gasteiger partial charge is 0.166 e. The Labute approximate surface area is 88.9 Å². The third-order valence-electron chi connectivity index (χ3n) is 3.24. The predicted molar refractivity (Wildman–Crippen MR) is 57.5 cm³/mol. The van der Waals surface area contributed by atoms with Crippen molar-refractivity contribution in [1.82, 2.24) is 4.98 Å². The summed E-state index contributed by atoms with van der Waals surface area (Å²) in [5.74, 6) is 0.466. The number of aldehydes is 1. The molecule has 0 radical (unpaired) electrons. The zero-order valence-electron chi connectivity index (χ0n) is 9.09. The minimum absolute atomic E-state index is 0.0544. The molecular weight excluding hydrogens is 190 g/mol. The second-order valence-electron chi connectivity index (χ2n) is 4.25. The number of aryl methyl sites for hydroxylation is 1. The fourth-order valence-electron chi connectivity index (χ4n) is 2.34. The van der Waals surface area contributed by atoms with E-state index in [1.54, 1.807) is 6.92 Å². The van der Waals surface area contributed by atoms with Gasteiger partial charge in [0.05, 0.1) is 5.69 Å². The molecule has 1 aliphatic carbocycles. The first-order chi connectivity index (χ1) is 7.15. The fraction of sp³-hybridized carbons (Fsp3) is 0.500. The van der Waals surface area contributed by atoms with Gasteiger partial charge >= 0.3 is 0 Å². The average Bonchev–Trinajstić information content (AvgIpc) is 2.39. The van der Waals surface area contributed by atoms with Crippen molar-refractivity contribution < 1.29 is 9.59 Å². The van der Waals surface area contributed by atoms with Crippen LogP contribution in [0.1, 0.15) is 64.2 Å². The van der Waals surface area contributed by atoms with Crippen molar-refractivity contribution in [3.63, 3.8) is 0 Å². The highest BCUT2D eigenvalue weighted by molar-refractivity contribution is 5.99. The Balaban J connectivity index is 2.55. The molecule has 1 saturated carbocycles. The molecule has 15 heavy (non-hydrogen) atoms. The second-order valence-corrected chi connectivity index (χ2v) is 4.25. The van der Waals surface area contributed by atoms with Crippen LogP contribution >= 0.6 is 0 Å². The zero-order chi connectivity index (χ0) is 11.0. The van der Waals surface area contributed by atoms with Crippen LogP contribution in [0, 0.1) is 6.92 Å². The van der Waals surface area contributed by atoms with Gasteiger partial charge in [0, 0.05) is 11.3 Å². The highest BCUT2D eigenvalue weighted by Gasteiger charge is 2.28. The minimum Gasteiger partial charge on any atom is -0.356 e. The Morgan fingerprint density at radius 2 is 2.13 bits per heavy atom. The summed E-state index contributed by atoms with van der Waals surface area (Å²) in [7, 11) is 0. The highest BCUT2D eigenvalue weighted by Crippen LogP contribution is 2.40. The summed E-state index contributed by atoms with van der Waals surface area (Å²) in [6.07, 6.45) is 4.22. The van der Waals surface area contributed by atoms with Crippen LogP contribution < -0.4 is 0 Å². The van der Waals surface area contributed by atoms with E-state index in [0.29, 0.717) is 11.6 Å². The van der Waals surface area contributed by atoms with E-state index < -0.39 is 0 Å². The summed E-state index contributed by atoms with van der Waals surface area (Å²) in [6.45, 7) is 3.42. The molecule has 1 aliphatic rings. The number of hydrogen-bond donors (Lipinski definition) is 1. The number of aromatic amines is 1. The molecule has 0 atom stereocenters. The van der Waals surface area contributed by atoms with Crippen molar-refractivity contribution in [2.75, 3.05) is 0 Å². The van der Waals surface area contributed by atoms with Crippen molar-refractivity contribution in [3.05, 3.63) is 22.5 Å². The van der Waals surface area contributed by atoms with E-state index in [9.17, 15) is 9.59 Å². The van der Waals surface area contributed by atoms with E-state index in [0.717, 1.165) is 35.9 Å². The largest absolute Gasteiger partial charge is 0.356 e. The van der Waals surface area contributed by atoms with E-state index >= 15 is 0 Å². The fourth-order valence-corrected chi connectivity index (χ4v) is 2.34. The van der Waals surface area contributed by atoms with E-state index in [1.165, 1.54) is 6.42 Å². The van der Waals surface area contributed by atoms with Crippen LogP contribution in [0.15, 0.2) is 0 Å². The molecule has 3 nitrogen and oxygen atoms in total. The van der Waals surface area contributed by atoms with Crippen molar-refractivity contribution in [1.29, 1.82) is 0 Å². The molecule has 2 rings (SSSR count). The summed E-state index contributed by atoms with van der Waals surface area (Å²) in [6, 6.07) is 0. The van der Waals surface area contributed by atoms with Crippen molar-refractivity contribution in [2.24, 2.45) is 0 Å². The molecule has 0 aromatic carbocycles. The molecule has 1 aromatic heterocycles. The van der Waals surface area contributed by atoms with E-state index in [1.807, 2.05) is 6.92 Å². The number of nitrogens with one attached hydrogen (secondary N) is 1. The zero-order valence-corrected chi connectivity index (χ0v) is 9.09. The van der Waals surface area contributed by atoms with Gasteiger partial charge in [-0.05, 0) is 38.2 Å². The van der Waals surface area contributed by atoms with E-state index in [-0.39, 0.29) is 5.78 Å². The van der Waals surface area contributed by atoms with Gasteiger partial charge in [0.2, 0.25) is 0 Å². The quantitative estimate of drug-likeness (QED) is 0.609. The molecule has 1 heterocycles. The summed E-state index contributed by atoms with van der Waals surface area (Å²) < 4.78 is 0. The first-order valence-electron chi connectivity index (χ1n) is 5.33. The summed E-state index contributed by atoms with van der Waals surface area (Å²) in [5, 5.41) is 0. The molecule has 0 saturated heterocycles. The van der Waals surface area contributed by atoms with Crippen LogP contribution in [0.3, 0.4) is 0 Å². The lowest BCUT2D eigenvalue weighted by atomic mass is 9.77. The van der Waals surface area contributed by atoms with Gasteiger partial charge in [-0.2, -0.15) is 0 Å². The van der Waals surface area contributed by atoms with Crippen LogP contribution in [-0.4, -0.2) is 17.1 Å². The molecule has 3 heteroatoms. The number of carbonyl (C=O) groups excluding carboxylic acids is 2. The Bertz CT molecular complexity index is 414. The lowest BCUT2D eigenvalue weighted by molar-refractivity contribution is 0.101. The Morgan fingerprint density at radius 3 is 2.53 bits per heavy atom. The van der Waals surface area contributed by atoms with Gasteiger partial charge in [-0.15, -0.1) is 0 Å². The first-order valence-corrected chi connectivity index (χ1v) is 5.33. The number of ketones is 1. The van der Waals surface area contributed by atoms with Gasteiger partial charge in [0.15, 0.2) is 12.1 Å². The third-order valence-corrected chi connectivity index (χ3v) is 3.24. The van der Waals surface area contributed by atoms with Crippen molar-refractivity contribution in [2.45, 2.75) is 39.0 Å². The topological polar surface area (TPSA) is 49.9 Å². The van der Waals surface area contributed by atoms with Crippen LogP contribution in [0.4, 0.5) is 0 Å². The third kappa shape index (κ3) is 1.52. The van der Waals surface area contributed by atoms with Crippen LogP contribution in [-0.2, 0) is 0 Å². The minimum atomic E-state index is 0.0544. The van der Waals surface area contributed by atoms with Gasteiger partial charge in [-0.1, -0.05) is 6.42 Å². The van der Waals surface area contributed by atoms with Gasteiger partial charge in [-0.3, -0.25) is 9.59 Å². The Hall–Kier alpha value is -1.38. The predicted octanol–water partition coefficient (Wildman–Crippen LogP) is 2.61. The Kier molecular flexibility index (Phi) is 2.47. The van der Waals surface area contributed by atoms with E-state index in [4.69, 9.17) is 0 Å². The maximum Gasteiger partial charge on any atom is 0.166 e. The number of Topliss-reactive ketones (excluding diaryl/α,β-unsaturated/α-hetero) is 1. The maximum absolute atomic E-state index is 11.5. The molecule has 0 spiro atoms. The molecule has 0 bridgehead atoms. The lowest BCUT2D eigenvalue weighted by Gasteiger charge is -2.26. The Morgan fingerprint density at radius 1 is 1.47 bits per heavy atom. The average molecular weight is 205 g/mol. The summed E-state index contributed by atoms with van der Waals surface area (Å²) >= 11 is 0. The second kappa shape index (κ2) is 3.65. The van der Waals surface area contributed by atoms with Crippen LogP contribution in [0.5, 0.6) is 0 Å². The van der Waals surface area contributed by atoms with Crippen LogP contribution in [0.2, 0.25) is 0 Å². The first kappa shape index (κ1) is 10.1. The van der Waals surface area contributed by atoms with Crippen LogP contribution in [0.25, 0.3) is 0 Å². The SMILES string of the molecule is CC(=O)c1c(C)[nH]c(C=O)c1C1CCC1. The molecule has 1 fully saturated rings. The normalized spacial score (nSPS) is 16.1.